The summed E-state index contributed by atoms with van der Waals surface area (Å²) >= 11 is 0. The van der Waals surface area contributed by atoms with E-state index in [4.69, 9.17) is 11.6 Å². The second-order valence-corrected chi connectivity index (χ2v) is 5.11. The minimum atomic E-state index is -0.902. The van der Waals surface area contributed by atoms with Gasteiger partial charge in [0.25, 0.3) is 11.8 Å². The van der Waals surface area contributed by atoms with Crippen molar-refractivity contribution in [2.45, 2.75) is 51.5 Å². The highest BCUT2D eigenvalue weighted by Crippen LogP contribution is 2.26. The van der Waals surface area contributed by atoms with E-state index in [1.807, 2.05) is 0 Å². The molecule has 0 bridgehead atoms. The maximum atomic E-state index is 12.4. The van der Waals surface area contributed by atoms with E-state index in [0.29, 0.717) is 5.12 Å². The Hall–Kier alpha value is -2.16. The minimum absolute atomic E-state index is 0.0873. The summed E-state index contributed by atoms with van der Waals surface area (Å²) in [6.07, 6.45) is 4.82. The summed E-state index contributed by atoms with van der Waals surface area (Å²) in [7, 11) is 0. The molecule has 0 saturated heterocycles. The van der Waals surface area contributed by atoms with Gasteiger partial charge in [0.15, 0.2) is 0 Å². The lowest BCUT2D eigenvalue weighted by Gasteiger charge is -2.20. The van der Waals surface area contributed by atoms with Crippen LogP contribution in [0.25, 0.3) is 0 Å². The van der Waals surface area contributed by atoms with Gasteiger partial charge in [0.05, 0.1) is 6.04 Å². The first-order valence-electron chi connectivity index (χ1n) is 7.06. The third-order valence-corrected chi connectivity index (χ3v) is 3.69. The standard InChI is InChI=1S/C12H20N6O3/c1-2-9(19)18(14)17-11(10(13)20)15-16(12(17)21)8-6-4-3-5-7-8/h8H,2-7,14H2,1H3,(H2,13,20). The molecule has 0 unspecified atom stereocenters. The Morgan fingerprint density at radius 3 is 2.48 bits per heavy atom. The van der Waals surface area contributed by atoms with Gasteiger partial charge in [-0.3, -0.25) is 9.59 Å². The Morgan fingerprint density at radius 1 is 1.33 bits per heavy atom. The van der Waals surface area contributed by atoms with Crippen LogP contribution in [0.4, 0.5) is 0 Å². The first kappa shape index (κ1) is 15.2. The average molecular weight is 296 g/mol. The number of nitrogens with zero attached hydrogens (tertiary/aromatic N) is 4. The smallest absolute Gasteiger partial charge is 0.363 e. The fourth-order valence-corrected chi connectivity index (χ4v) is 2.56. The number of primary amides is 1. The fourth-order valence-electron chi connectivity index (χ4n) is 2.56. The van der Waals surface area contributed by atoms with Crippen LogP contribution >= 0.6 is 0 Å². The molecule has 9 nitrogen and oxygen atoms in total. The maximum Gasteiger partial charge on any atom is 0.367 e. The lowest BCUT2D eigenvalue weighted by Crippen LogP contribution is -2.53. The molecular weight excluding hydrogens is 276 g/mol. The van der Waals surface area contributed by atoms with Gasteiger partial charge in [-0.25, -0.2) is 15.3 Å². The lowest BCUT2D eigenvalue weighted by atomic mass is 9.96. The van der Waals surface area contributed by atoms with E-state index in [2.05, 4.69) is 5.10 Å². The molecule has 21 heavy (non-hydrogen) atoms. The van der Waals surface area contributed by atoms with Crippen LogP contribution in [-0.2, 0) is 4.79 Å². The molecular formula is C12H20N6O3. The van der Waals surface area contributed by atoms with Crippen LogP contribution in [0.2, 0.25) is 0 Å². The summed E-state index contributed by atoms with van der Waals surface area (Å²) in [6, 6.07) is -0.0873. The van der Waals surface area contributed by atoms with Crippen molar-refractivity contribution in [3.8, 4) is 0 Å². The molecule has 1 saturated carbocycles. The Morgan fingerprint density at radius 2 is 1.95 bits per heavy atom. The predicted octanol–water partition coefficient (Wildman–Crippen LogP) is -0.603. The molecule has 1 aliphatic carbocycles. The Bertz CT molecular complexity index is 599. The van der Waals surface area contributed by atoms with E-state index in [-0.39, 0.29) is 18.3 Å². The van der Waals surface area contributed by atoms with Crippen molar-refractivity contribution in [3.63, 3.8) is 0 Å². The molecule has 0 atom stereocenters. The first-order valence-corrected chi connectivity index (χ1v) is 7.06. The predicted molar refractivity (Wildman–Crippen MR) is 74.8 cm³/mol. The monoisotopic (exact) mass is 296 g/mol. The van der Waals surface area contributed by atoms with E-state index >= 15 is 0 Å². The topological polar surface area (TPSA) is 129 Å². The molecule has 1 aliphatic rings. The molecule has 1 heterocycles. The van der Waals surface area contributed by atoms with E-state index in [9.17, 15) is 14.4 Å². The molecule has 1 aromatic rings. The molecule has 0 spiro atoms. The SMILES string of the molecule is CCC(=O)N(N)n1c(C(N)=O)nn(C2CCCCC2)c1=O. The Balaban J connectivity index is 2.48. The summed E-state index contributed by atoms with van der Waals surface area (Å²) in [5.41, 5.74) is 4.63. The highest BCUT2D eigenvalue weighted by molar-refractivity contribution is 5.91. The molecule has 2 amide bonds. The van der Waals surface area contributed by atoms with Crippen LogP contribution in [0.3, 0.4) is 0 Å². The van der Waals surface area contributed by atoms with Crippen molar-refractivity contribution in [1.82, 2.24) is 14.5 Å². The highest BCUT2D eigenvalue weighted by Gasteiger charge is 2.27. The summed E-state index contributed by atoms with van der Waals surface area (Å²) in [6.45, 7) is 1.60. The number of hydrazine groups is 1. The van der Waals surface area contributed by atoms with Crippen molar-refractivity contribution in [3.05, 3.63) is 16.3 Å². The first-order chi connectivity index (χ1) is 9.97. The molecule has 1 fully saturated rings. The van der Waals surface area contributed by atoms with Gasteiger partial charge in [-0.05, 0) is 12.8 Å². The maximum absolute atomic E-state index is 12.4. The van der Waals surface area contributed by atoms with Crippen molar-refractivity contribution in [1.29, 1.82) is 0 Å². The van der Waals surface area contributed by atoms with Gasteiger partial charge in [-0.2, -0.15) is 9.79 Å². The zero-order chi connectivity index (χ0) is 15.6. The van der Waals surface area contributed by atoms with Crippen LogP contribution < -0.4 is 22.4 Å². The number of aromatic nitrogens is 3. The Labute approximate surface area is 121 Å². The number of amides is 2. The van der Waals surface area contributed by atoms with Crippen molar-refractivity contribution < 1.29 is 9.59 Å². The highest BCUT2D eigenvalue weighted by atomic mass is 16.2. The van der Waals surface area contributed by atoms with E-state index in [1.165, 1.54) is 4.68 Å². The minimum Gasteiger partial charge on any atom is -0.363 e. The van der Waals surface area contributed by atoms with Gasteiger partial charge < -0.3 is 5.73 Å². The van der Waals surface area contributed by atoms with Gasteiger partial charge in [0.1, 0.15) is 0 Å². The summed E-state index contributed by atoms with van der Waals surface area (Å²) < 4.78 is 1.98. The molecule has 116 valence electrons. The van der Waals surface area contributed by atoms with Crippen LogP contribution in [-0.4, -0.2) is 26.3 Å². The number of nitrogens with two attached hydrogens (primary N) is 2. The zero-order valence-corrected chi connectivity index (χ0v) is 12.0. The molecule has 2 rings (SSSR count). The third kappa shape index (κ3) is 2.82. The second kappa shape index (κ2) is 6.08. The largest absolute Gasteiger partial charge is 0.367 e. The molecule has 4 N–H and O–H groups in total. The van der Waals surface area contributed by atoms with Gasteiger partial charge >= 0.3 is 5.69 Å². The molecule has 0 aliphatic heterocycles. The Kier molecular flexibility index (Phi) is 4.41. The molecule has 0 aromatic carbocycles. The summed E-state index contributed by atoms with van der Waals surface area (Å²) in [5.74, 6) is 3.88. The number of carbonyl (C=O) groups excluding carboxylic acids is 2. The van der Waals surface area contributed by atoms with Crippen molar-refractivity contribution in [2.24, 2.45) is 11.6 Å². The second-order valence-electron chi connectivity index (χ2n) is 5.11. The van der Waals surface area contributed by atoms with Gasteiger partial charge in [0.2, 0.25) is 5.82 Å². The number of carbonyl (C=O) groups is 2. The van der Waals surface area contributed by atoms with Crippen LogP contribution in [0.5, 0.6) is 0 Å². The molecule has 0 radical (unpaired) electrons. The number of hydrogen-bond acceptors (Lipinski definition) is 5. The van der Waals surface area contributed by atoms with Crippen LogP contribution in [0.15, 0.2) is 4.79 Å². The quantitative estimate of drug-likeness (QED) is 0.435. The summed E-state index contributed by atoms with van der Waals surface area (Å²) in [5, 5.41) is 4.60. The van der Waals surface area contributed by atoms with E-state index < -0.39 is 17.5 Å². The van der Waals surface area contributed by atoms with Gasteiger partial charge in [-0.15, -0.1) is 5.10 Å². The molecule has 1 aromatic heterocycles. The van der Waals surface area contributed by atoms with E-state index in [1.54, 1.807) is 6.92 Å². The van der Waals surface area contributed by atoms with Crippen molar-refractivity contribution in [2.75, 3.05) is 5.12 Å². The van der Waals surface area contributed by atoms with Gasteiger partial charge in [0, 0.05) is 6.42 Å². The van der Waals surface area contributed by atoms with Crippen molar-refractivity contribution >= 4 is 11.8 Å². The molecule has 9 heteroatoms. The van der Waals surface area contributed by atoms with Gasteiger partial charge in [-0.1, -0.05) is 26.2 Å². The lowest BCUT2D eigenvalue weighted by molar-refractivity contribution is -0.120. The van der Waals surface area contributed by atoms with E-state index in [0.717, 1.165) is 36.8 Å². The summed E-state index contributed by atoms with van der Waals surface area (Å²) in [4.78, 5) is 35.6. The zero-order valence-electron chi connectivity index (χ0n) is 12.0. The number of hydrogen-bond donors (Lipinski definition) is 2. The average Bonchev–Trinajstić information content (AvgIpc) is 2.84. The normalized spacial score (nSPS) is 15.9. The van der Waals surface area contributed by atoms with Crippen LogP contribution in [0, 0.1) is 0 Å². The third-order valence-electron chi connectivity index (χ3n) is 3.69. The fraction of sp³-hybridized carbons (Fsp3) is 0.667. The van der Waals surface area contributed by atoms with Crippen LogP contribution in [0.1, 0.15) is 62.1 Å². The number of rotatable bonds is 4.